The molecule has 0 unspecified atom stereocenters. The summed E-state index contributed by atoms with van der Waals surface area (Å²) < 4.78 is 27.1. The van der Waals surface area contributed by atoms with Gasteiger partial charge < -0.3 is 10.4 Å². The number of sulfonamides is 1. The minimum atomic E-state index is -3.60. The lowest BCUT2D eigenvalue weighted by atomic mass is 9.86. The fraction of sp³-hybridized carbons (Fsp3) is 0.529. The molecule has 0 heterocycles. The summed E-state index contributed by atoms with van der Waals surface area (Å²) in [4.78, 5) is 23.5. The average Bonchev–Trinajstić information content (AvgIpc) is 3.39. The maximum absolute atomic E-state index is 12.4. The van der Waals surface area contributed by atoms with Crippen LogP contribution in [0.2, 0.25) is 0 Å². The van der Waals surface area contributed by atoms with Gasteiger partial charge in [-0.1, -0.05) is 6.07 Å². The van der Waals surface area contributed by atoms with Gasteiger partial charge in [0.25, 0.3) is 5.91 Å². The molecule has 8 heteroatoms. The molecule has 2 saturated carbocycles. The van der Waals surface area contributed by atoms with Crippen LogP contribution in [0, 0.1) is 5.92 Å². The average molecular weight is 366 g/mol. The fourth-order valence-corrected chi connectivity index (χ4v) is 4.40. The molecule has 0 saturated heterocycles. The van der Waals surface area contributed by atoms with Gasteiger partial charge in [0.05, 0.1) is 10.8 Å². The molecule has 2 aliphatic rings. The van der Waals surface area contributed by atoms with Gasteiger partial charge in [-0.05, 0) is 56.7 Å². The van der Waals surface area contributed by atoms with E-state index in [1.807, 2.05) is 0 Å². The second kappa shape index (κ2) is 7.13. The summed E-state index contributed by atoms with van der Waals surface area (Å²) in [7, 11) is -3.60. The number of benzene rings is 1. The number of rotatable bonds is 6. The quantitative estimate of drug-likeness (QED) is 0.706. The molecule has 25 heavy (non-hydrogen) atoms. The monoisotopic (exact) mass is 366 g/mol. The SMILES string of the molecule is O=C(NC1CCC(C(=O)O)CC1)c1cccc(S(=O)(=O)NC2CC2)c1. The largest absolute Gasteiger partial charge is 0.481 e. The molecular formula is C17H22N2O5S. The van der Waals surface area contributed by atoms with Crippen molar-refractivity contribution in [2.24, 2.45) is 5.92 Å². The molecule has 1 aromatic carbocycles. The Morgan fingerprint density at radius 1 is 1.00 bits per heavy atom. The van der Waals surface area contributed by atoms with E-state index in [9.17, 15) is 18.0 Å². The van der Waals surface area contributed by atoms with Gasteiger partial charge in [-0.15, -0.1) is 0 Å². The van der Waals surface area contributed by atoms with Crippen LogP contribution in [0.5, 0.6) is 0 Å². The molecule has 3 N–H and O–H groups in total. The number of amides is 1. The summed E-state index contributed by atoms with van der Waals surface area (Å²) in [6.45, 7) is 0. The molecule has 2 aliphatic carbocycles. The van der Waals surface area contributed by atoms with Gasteiger partial charge in [0.1, 0.15) is 0 Å². The standard InChI is InChI=1S/C17H22N2O5S/c20-16(18-13-6-4-11(5-7-13)17(21)22)12-2-1-3-15(10-12)25(23,24)19-14-8-9-14/h1-3,10-11,13-14,19H,4-9H2,(H,18,20)(H,21,22). The van der Waals surface area contributed by atoms with Gasteiger partial charge in [-0.25, -0.2) is 13.1 Å². The number of hydrogen-bond acceptors (Lipinski definition) is 4. The van der Waals surface area contributed by atoms with Crippen LogP contribution >= 0.6 is 0 Å². The van der Waals surface area contributed by atoms with E-state index < -0.39 is 16.0 Å². The van der Waals surface area contributed by atoms with E-state index in [2.05, 4.69) is 10.0 Å². The second-order valence-corrected chi connectivity index (χ2v) is 8.50. The molecule has 3 rings (SSSR count). The van der Waals surface area contributed by atoms with Crippen molar-refractivity contribution < 1.29 is 23.1 Å². The highest BCUT2D eigenvalue weighted by molar-refractivity contribution is 7.89. The third-order valence-corrected chi connectivity index (χ3v) is 6.24. The zero-order valence-corrected chi connectivity index (χ0v) is 14.6. The van der Waals surface area contributed by atoms with E-state index in [4.69, 9.17) is 5.11 Å². The highest BCUT2D eigenvalue weighted by Crippen LogP contribution is 2.25. The Balaban J connectivity index is 1.63. The summed E-state index contributed by atoms with van der Waals surface area (Å²) >= 11 is 0. The predicted octanol–water partition coefficient (Wildman–Crippen LogP) is 1.50. The Morgan fingerprint density at radius 3 is 2.24 bits per heavy atom. The summed E-state index contributed by atoms with van der Waals surface area (Å²) in [5.74, 6) is -1.46. The fourth-order valence-electron chi connectivity index (χ4n) is 3.05. The Morgan fingerprint density at radius 2 is 1.64 bits per heavy atom. The van der Waals surface area contributed by atoms with Crippen molar-refractivity contribution in [3.8, 4) is 0 Å². The topological polar surface area (TPSA) is 113 Å². The number of carboxylic acids is 1. The minimum absolute atomic E-state index is 0.00639. The van der Waals surface area contributed by atoms with Gasteiger partial charge in [0.15, 0.2) is 0 Å². The third kappa shape index (κ3) is 4.58. The lowest BCUT2D eigenvalue weighted by molar-refractivity contribution is -0.142. The van der Waals surface area contributed by atoms with Gasteiger partial charge in [0, 0.05) is 17.6 Å². The normalized spacial score (nSPS) is 23.8. The Bertz CT molecular complexity index is 765. The van der Waals surface area contributed by atoms with Gasteiger partial charge in [0.2, 0.25) is 10.0 Å². The van der Waals surface area contributed by atoms with Crippen molar-refractivity contribution in [2.75, 3.05) is 0 Å². The summed E-state index contributed by atoms with van der Waals surface area (Å²) in [5.41, 5.74) is 0.291. The van der Waals surface area contributed by atoms with Crippen molar-refractivity contribution in [3.05, 3.63) is 29.8 Å². The minimum Gasteiger partial charge on any atom is -0.481 e. The lowest BCUT2D eigenvalue weighted by Crippen LogP contribution is -2.38. The van der Waals surface area contributed by atoms with Crippen molar-refractivity contribution in [3.63, 3.8) is 0 Å². The van der Waals surface area contributed by atoms with Crippen LogP contribution in [0.3, 0.4) is 0 Å². The number of aliphatic carboxylic acids is 1. The van der Waals surface area contributed by atoms with E-state index in [0.717, 1.165) is 12.8 Å². The first kappa shape index (κ1) is 17.9. The summed E-state index contributed by atoms with van der Waals surface area (Å²) in [5, 5.41) is 11.9. The van der Waals surface area contributed by atoms with Crippen LogP contribution in [0.4, 0.5) is 0 Å². The van der Waals surface area contributed by atoms with Gasteiger partial charge in [-0.2, -0.15) is 0 Å². The predicted molar refractivity (Wildman–Crippen MR) is 90.6 cm³/mol. The van der Waals surface area contributed by atoms with E-state index in [0.29, 0.717) is 31.2 Å². The molecular weight excluding hydrogens is 344 g/mol. The maximum atomic E-state index is 12.4. The molecule has 0 bridgehead atoms. The van der Waals surface area contributed by atoms with E-state index >= 15 is 0 Å². The van der Waals surface area contributed by atoms with Crippen LogP contribution in [0.15, 0.2) is 29.2 Å². The number of carboxylic acid groups (broad SMARTS) is 1. The van der Waals surface area contributed by atoms with E-state index in [-0.39, 0.29) is 28.8 Å². The van der Waals surface area contributed by atoms with Crippen LogP contribution in [-0.2, 0) is 14.8 Å². The molecule has 2 fully saturated rings. The molecule has 7 nitrogen and oxygen atoms in total. The first-order chi connectivity index (χ1) is 11.8. The number of carbonyl (C=O) groups excluding carboxylic acids is 1. The summed E-state index contributed by atoms with van der Waals surface area (Å²) in [6, 6.07) is 5.91. The molecule has 0 aliphatic heterocycles. The number of carbonyl (C=O) groups is 2. The molecule has 0 atom stereocenters. The Labute approximate surface area is 146 Å². The molecule has 136 valence electrons. The van der Waals surface area contributed by atoms with E-state index in [1.54, 1.807) is 12.1 Å². The Kier molecular flexibility index (Phi) is 5.10. The second-order valence-electron chi connectivity index (χ2n) is 6.78. The third-order valence-electron chi connectivity index (χ3n) is 4.72. The van der Waals surface area contributed by atoms with Gasteiger partial charge >= 0.3 is 5.97 Å². The zero-order chi connectivity index (χ0) is 18.0. The molecule has 1 aromatic rings. The van der Waals surface area contributed by atoms with Crippen molar-refractivity contribution in [2.45, 2.75) is 55.5 Å². The maximum Gasteiger partial charge on any atom is 0.306 e. The Hall–Kier alpha value is -1.93. The molecule has 1 amide bonds. The first-order valence-electron chi connectivity index (χ1n) is 8.51. The highest BCUT2D eigenvalue weighted by atomic mass is 32.2. The highest BCUT2D eigenvalue weighted by Gasteiger charge is 2.29. The van der Waals surface area contributed by atoms with Crippen LogP contribution in [-0.4, -0.2) is 37.5 Å². The van der Waals surface area contributed by atoms with Crippen LogP contribution in [0.1, 0.15) is 48.9 Å². The first-order valence-corrected chi connectivity index (χ1v) is 9.99. The van der Waals surface area contributed by atoms with E-state index in [1.165, 1.54) is 12.1 Å². The smallest absolute Gasteiger partial charge is 0.306 e. The van der Waals surface area contributed by atoms with Crippen LogP contribution in [0.25, 0.3) is 0 Å². The van der Waals surface area contributed by atoms with Crippen molar-refractivity contribution >= 4 is 21.9 Å². The molecule has 0 radical (unpaired) electrons. The molecule has 0 aromatic heterocycles. The summed E-state index contributed by atoms with van der Waals surface area (Å²) in [6.07, 6.45) is 4.00. The van der Waals surface area contributed by atoms with Crippen molar-refractivity contribution in [1.29, 1.82) is 0 Å². The zero-order valence-electron chi connectivity index (χ0n) is 13.8. The van der Waals surface area contributed by atoms with Crippen molar-refractivity contribution in [1.82, 2.24) is 10.0 Å². The lowest BCUT2D eigenvalue weighted by Gasteiger charge is -2.26. The number of hydrogen-bond donors (Lipinski definition) is 3. The molecule has 0 spiro atoms. The number of nitrogens with one attached hydrogen (secondary N) is 2. The van der Waals surface area contributed by atoms with Gasteiger partial charge in [-0.3, -0.25) is 9.59 Å². The van der Waals surface area contributed by atoms with Crippen LogP contribution < -0.4 is 10.0 Å².